The third kappa shape index (κ3) is 4.25. The minimum Gasteiger partial charge on any atom is -0.323 e. The highest BCUT2D eigenvalue weighted by molar-refractivity contribution is 7.90. The van der Waals surface area contributed by atoms with E-state index in [1.54, 1.807) is 6.07 Å². The second-order valence-electron chi connectivity index (χ2n) is 5.45. The summed E-state index contributed by atoms with van der Waals surface area (Å²) >= 11 is 0. The van der Waals surface area contributed by atoms with Crippen LogP contribution in [-0.4, -0.2) is 38.2 Å². The predicted octanol–water partition coefficient (Wildman–Crippen LogP) is 1.20. The van der Waals surface area contributed by atoms with Gasteiger partial charge < -0.3 is 10.6 Å². The van der Waals surface area contributed by atoms with Gasteiger partial charge in [0.05, 0.1) is 17.9 Å². The van der Waals surface area contributed by atoms with E-state index in [0.29, 0.717) is 11.6 Å². The Morgan fingerprint density at radius 1 is 1.48 bits per heavy atom. The summed E-state index contributed by atoms with van der Waals surface area (Å²) in [4.78, 5) is 16.0. The number of piperidine rings is 1. The van der Waals surface area contributed by atoms with Crippen molar-refractivity contribution in [1.82, 2.24) is 10.3 Å². The number of aromatic nitrogens is 1. The first-order valence-electron chi connectivity index (χ1n) is 7.10. The number of anilines is 1. The number of sulfone groups is 1. The van der Waals surface area contributed by atoms with E-state index in [1.807, 2.05) is 0 Å². The van der Waals surface area contributed by atoms with E-state index in [1.165, 1.54) is 12.3 Å². The molecule has 6 nitrogen and oxygen atoms in total. The number of amides is 1. The predicted molar refractivity (Wildman–Crippen MR) is 80.8 cm³/mol. The van der Waals surface area contributed by atoms with Crippen molar-refractivity contribution in [2.75, 3.05) is 18.1 Å². The van der Waals surface area contributed by atoms with Crippen LogP contribution in [-0.2, 0) is 14.6 Å². The van der Waals surface area contributed by atoms with Gasteiger partial charge in [0.1, 0.15) is 0 Å². The molecule has 2 heterocycles. The Morgan fingerprint density at radius 2 is 2.24 bits per heavy atom. The van der Waals surface area contributed by atoms with E-state index >= 15 is 0 Å². The number of nitrogens with zero attached hydrogens (tertiary/aromatic N) is 1. The monoisotopic (exact) mass is 311 g/mol. The summed E-state index contributed by atoms with van der Waals surface area (Å²) < 4.78 is 22.6. The molecule has 1 aliphatic rings. The van der Waals surface area contributed by atoms with Gasteiger partial charge in [0, 0.05) is 6.26 Å². The zero-order chi connectivity index (χ0) is 15.5. The highest BCUT2D eigenvalue weighted by atomic mass is 32.2. The van der Waals surface area contributed by atoms with Crippen molar-refractivity contribution in [3.63, 3.8) is 0 Å². The fraction of sp³-hybridized carbons (Fsp3) is 0.571. The van der Waals surface area contributed by atoms with Crippen LogP contribution in [0.1, 0.15) is 26.2 Å². The van der Waals surface area contributed by atoms with Gasteiger partial charge >= 0.3 is 0 Å². The van der Waals surface area contributed by atoms with Crippen molar-refractivity contribution in [1.29, 1.82) is 0 Å². The molecule has 0 aromatic carbocycles. The largest absolute Gasteiger partial charge is 0.323 e. The molecule has 0 radical (unpaired) electrons. The average Bonchev–Trinajstić information content (AvgIpc) is 2.47. The van der Waals surface area contributed by atoms with E-state index in [0.717, 1.165) is 32.1 Å². The van der Waals surface area contributed by atoms with Crippen LogP contribution in [0, 0.1) is 5.92 Å². The molecule has 1 fully saturated rings. The lowest BCUT2D eigenvalue weighted by atomic mass is 9.90. The van der Waals surface area contributed by atoms with E-state index in [-0.39, 0.29) is 17.0 Å². The normalized spacial score (nSPS) is 22.8. The van der Waals surface area contributed by atoms with Crippen LogP contribution < -0.4 is 10.6 Å². The van der Waals surface area contributed by atoms with Gasteiger partial charge in [0.15, 0.2) is 14.9 Å². The van der Waals surface area contributed by atoms with Crippen molar-refractivity contribution in [2.45, 2.75) is 37.3 Å². The Morgan fingerprint density at radius 3 is 2.81 bits per heavy atom. The van der Waals surface area contributed by atoms with E-state index < -0.39 is 9.84 Å². The lowest BCUT2D eigenvalue weighted by Crippen LogP contribution is -2.46. The molecule has 1 saturated heterocycles. The lowest BCUT2D eigenvalue weighted by molar-refractivity contribution is -0.119. The second-order valence-corrected chi connectivity index (χ2v) is 7.41. The first-order chi connectivity index (χ1) is 9.90. The highest BCUT2D eigenvalue weighted by Gasteiger charge is 2.25. The van der Waals surface area contributed by atoms with Gasteiger partial charge in [0.2, 0.25) is 5.91 Å². The number of hydrogen-bond donors (Lipinski definition) is 2. The van der Waals surface area contributed by atoms with Crippen molar-refractivity contribution < 1.29 is 13.2 Å². The summed E-state index contributed by atoms with van der Waals surface area (Å²) in [5.41, 5.74) is 0.507. The molecule has 1 aliphatic heterocycles. The Bertz CT molecular complexity index is 598. The van der Waals surface area contributed by atoms with Crippen LogP contribution in [0.15, 0.2) is 23.4 Å². The molecule has 2 atom stereocenters. The van der Waals surface area contributed by atoms with Gasteiger partial charge in [-0.1, -0.05) is 13.3 Å². The van der Waals surface area contributed by atoms with Crippen molar-refractivity contribution in [2.24, 2.45) is 5.92 Å². The summed E-state index contributed by atoms with van der Waals surface area (Å²) in [5.74, 6) is 0.481. The maximum absolute atomic E-state index is 12.2. The molecule has 116 valence electrons. The summed E-state index contributed by atoms with van der Waals surface area (Å²) in [6.07, 6.45) is 5.48. The molecule has 0 bridgehead atoms. The van der Waals surface area contributed by atoms with E-state index in [4.69, 9.17) is 0 Å². The number of pyridine rings is 1. The van der Waals surface area contributed by atoms with Crippen molar-refractivity contribution in [3.8, 4) is 0 Å². The number of nitrogens with one attached hydrogen (secondary N) is 2. The van der Waals surface area contributed by atoms with Gasteiger partial charge in [-0.25, -0.2) is 13.4 Å². The van der Waals surface area contributed by atoms with Gasteiger partial charge in [-0.15, -0.1) is 0 Å². The molecule has 2 rings (SSSR count). The average molecular weight is 311 g/mol. The van der Waals surface area contributed by atoms with Gasteiger partial charge in [0.25, 0.3) is 0 Å². The summed E-state index contributed by atoms with van der Waals surface area (Å²) in [7, 11) is -3.32. The molecule has 2 N–H and O–H groups in total. The topological polar surface area (TPSA) is 88.2 Å². The quantitative estimate of drug-likeness (QED) is 0.872. The van der Waals surface area contributed by atoms with Crippen molar-refractivity contribution >= 4 is 21.4 Å². The fourth-order valence-corrected chi connectivity index (χ4v) is 3.03. The maximum Gasteiger partial charge on any atom is 0.241 e. The molecule has 1 amide bonds. The third-order valence-corrected chi connectivity index (χ3v) is 4.79. The van der Waals surface area contributed by atoms with E-state index in [9.17, 15) is 13.2 Å². The molecule has 21 heavy (non-hydrogen) atoms. The summed E-state index contributed by atoms with van der Waals surface area (Å²) in [5, 5.41) is 5.99. The van der Waals surface area contributed by atoms with Gasteiger partial charge in [-0.2, -0.15) is 0 Å². The highest BCUT2D eigenvalue weighted by Crippen LogP contribution is 2.20. The van der Waals surface area contributed by atoms with Crippen LogP contribution in [0.4, 0.5) is 5.69 Å². The lowest BCUT2D eigenvalue weighted by Gasteiger charge is -2.28. The Labute approximate surface area is 125 Å². The minimum atomic E-state index is -3.32. The zero-order valence-electron chi connectivity index (χ0n) is 12.3. The summed E-state index contributed by atoms with van der Waals surface area (Å²) in [6.45, 7) is 2.99. The molecule has 0 aliphatic carbocycles. The molecule has 2 unspecified atom stereocenters. The Balaban J connectivity index is 1.99. The molecular weight excluding hydrogens is 290 g/mol. The van der Waals surface area contributed by atoms with Gasteiger partial charge in [-0.3, -0.25) is 4.79 Å². The minimum absolute atomic E-state index is 0.00216. The van der Waals surface area contributed by atoms with Crippen molar-refractivity contribution in [3.05, 3.63) is 18.3 Å². The van der Waals surface area contributed by atoms with Crippen LogP contribution in [0.5, 0.6) is 0 Å². The zero-order valence-corrected chi connectivity index (χ0v) is 13.1. The molecule has 0 saturated carbocycles. The van der Waals surface area contributed by atoms with Crippen LogP contribution in [0.2, 0.25) is 0 Å². The molecular formula is C14H21N3O3S. The Hall–Kier alpha value is -1.47. The molecule has 7 heteroatoms. The van der Waals surface area contributed by atoms with Crippen LogP contribution >= 0.6 is 0 Å². The molecule has 1 aromatic heterocycles. The number of carbonyl (C=O) groups excluding carboxylic acids is 1. The molecule has 0 spiro atoms. The second kappa shape index (κ2) is 6.53. The van der Waals surface area contributed by atoms with Crippen LogP contribution in [0.3, 0.4) is 0 Å². The smallest absolute Gasteiger partial charge is 0.241 e. The maximum atomic E-state index is 12.2. The Kier molecular flexibility index (Phi) is 4.95. The third-order valence-electron chi connectivity index (χ3n) is 3.79. The number of hydrogen-bond acceptors (Lipinski definition) is 5. The van der Waals surface area contributed by atoms with Crippen LogP contribution in [0.25, 0.3) is 0 Å². The number of carbonyl (C=O) groups is 1. The number of rotatable bonds is 4. The van der Waals surface area contributed by atoms with Gasteiger partial charge in [-0.05, 0) is 37.4 Å². The SMILES string of the molecule is CCC1CCNC(C(=O)Nc2ccc(S(C)(=O)=O)nc2)C1. The first-order valence-corrected chi connectivity index (χ1v) is 8.99. The molecule has 1 aromatic rings. The fourth-order valence-electron chi connectivity index (χ4n) is 2.47. The first kappa shape index (κ1) is 15.9. The standard InChI is InChI=1S/C14H21N3O3S/c1-3-10-6-7-15-12(8-10)14(18)17-11-4-5-13(16-9-11)21(2,19)20/h4-5,9-10,12,15H,3,6-8H2,1-2H3,(H,17,18). The van der Waals surface area contributed by atoms with E-state index in [2.05, 4.69) is 22.5 Å². The summed E-state index contributed by atoms with van der Waals surface area (Å²) in [6, 6.07) is 2.76.